The Balaban J connectivity index is 1.28. The van der Waals surface area contributed by atoms with Crippen molar-refractivity contribution < 1.29 is 13.2 Å². The summed E-state index contributed by atoms with van der Waals surface area (Å²) >= 11 is 6.26. The number of rotatable bonds is 9. The molecule has 1 N–H and O–H groups in total. The molecular weight excluding hydrogens is 554 g/mol. The minimum atomic E-state index is -3.88. The first-order valence-corrected chi connectivity index (χ1v) is 15.7. The van der Waals surface area contributed by atoms with Crippen LogP contribution in [0.4, 0.5) is 11.4 Å². The molecule has 0 aliphatic carbocycles. The fourth-order valence-corrected chi connectivity index (χ4v) is 6.76. The van der Waals surface area contributed by atoms with Gasteiger partial charge < -0.3 is 10.2 Å². The number of halogens is 1. The fraction of sp³-hybridized carbons (Fsp3) is 0.242. The average molecular weight is 588 g/mol. The second-order valence-electron chi connectivity index (χ2n) is 10.3. The third-order valence-corrected chi connectivity index (χ3v) is 9.43. The van der Waals surface area contributed by atoms with Crippen molar-refractivity contribution in [2.75, 3.05) is 22.3 Å². The number of nitrogens with zero attached hydrogens (tertiary/aromatic N) is 2. The van der Waals surface area contributed by atoms with E-state index in [9.17, 15) is 13.2 Å². The third-order valence-electron chi connectivity index (χ3n) is 7.42. The molecule has 4 aromatic rings. The Labute approximate surface area is 247 Å². The highest BCUT2D eigenvalue weighted by Gasteiger charge is 2.26. The maximum atomic E-state index is 13.7. The number of aryl methyl sites for hydroxylation is 1. The summed E-state index contributed by atoms with van der Waals surface area (Å²) in [7, 11) is -3.88. The molecule has 0 radical (unpaired) electrons. The number of piperidine rings is 1. The van der Waals surface area contributed by atoms with E-state index in [2.05, 4.69) is 34.5 Å². The average Bonchev–Trinajstić information content (AvgIpc) is 3.01. The summed E-state index contributed by atoms with van der Waals surface area (Å²) in [4.78, 5) is 15.5. The number of carbonyl (C=O) groups is 1. The van der Waals surface area contributed by atoms with Crippen LogP contribution >= 0.6 is 11.6 Å². The highest BCUT2D eigenvalue weighted by Crippen LogP contribution is 2.31. The molecule has 1 aliphatic heterocycles. The van der Waals surface area contributed by atoms with Crippen LogP contribution in [0.5, 0.6) is 0 Å². The molecular formula is C33H34ClN3O3S. The van der Waals surface area contributed by atoms with E-state index in [-0.39, 0.29) is 17.3 Å². The van der Waals surface area contributed by atoms with Crippen molar-refractivity contribution in [3.63, 3.8) is 0 Å². The molecule has 0 bridgehead atoms. The maximum Gasteiger partial charge on any atom is 0.264 e. The summed E-state index contributed by atoms with van der Waals surface area (Å²) in [5.41, 5.74) is 4.81. The Kier molecular flexibility index (Phi) is 8.96. The normalized spacial score (nSPS) is 13.6. The predicted octanol–water partition coefficient (Wildman–Crippen LogP) is 6.96. The van der Waals surface area contributed by atoms with Gasteiger partial charge in [-0.25, -0.2) is 8.42 Å². The van der Waals surface area contributed by atoms with Gasteiger partial charge in [-0.2, -0.15) is 0 Å². The predicted molar refractivity (Wildman–Crippen MR) is 166 cm³/mol. The van der Waals surface area contributed by atoms with Crippen molar-refractivity contribution in [1.29, 1.82) is 0 Å². The van der Waals surface area contributed by atoms with Crippen LogP contribution in [0.3, 0.4) is 0 Å². The molecule has 0 saturated carbocycles. The van der Waals surface area contributed by atoms with Gasteiger partial charge in [0.25, 0.3) is 15.9 Å². The largest absolute Gasteiger partial charge is 0.372 e. The minimum Gasteiger partial charge on any atom is -0.372 e. The Morgan fingerprint density at radius 1 is 0.854 bits per heavy atom. The lowest BCUT2D eigenvalue weighted by Gasteiger charge is -2.28. The van der Waals surface area contributed by atoms with Crippen LogP contribution in [0.2, 0.25) is 5.02 Å². The van der Waals surface area contributed by atoms with E-state index in [0.717, 1.165) is 29.8 Å². The number of sulfonamides is 1. The van der Waals surface area contributed by atoms with Crippen molar-refractivity contribution in [3.8, 4) is 0 Å². The highest BCUT2D eigenvalue weighted by molar-refractivity contribution is 7.92. The lowest BCUT2D eigenvalue weighted by Crippen LogP contribution is -2.31. The molecule has 0 atom stereocenters. The van der Waals surface area contributed by atoms with Crippen LogP contribution in [-0.4, -0.2) is 27.4 Å². The molecule has 5 rings (SSSR count). The van der Waals surface area contributed by atoms with Gasteiger partial charge in [0.2, 0.25) is 0 Å². The van der Waals surface area contributed by atoms with Crippen LogP contribution in [0, 0.1) is 6.92 Å². The Hall–Kier alpha value is -3.81. The van der Waals surface area contributed by atoms with E-state index in [1.54, 1.807) is 72.8 Å². The standard InChI is InChI=1S/C33H34ClN3O3S/c1-25-10-17-29(34)22-32(25)37(41(39,40)31-8-4-2-5-9-31)24-27-11-15-28(16-12-27)33(38)35-23-26-13-18-30(19-14-26)36-20-6-3-7-21-36/h2,4-5,8-19,22H,3,6-7,20-21,23-24H2,1H3,(H,35,38). The molecule has 0 unspecified atom stereocenters. The van der Waals surface area contributed by atoms with Crippen molar-refractivity contribution in [2.24, 2.45) is 0 Å². The monoisotopic (exact) mass is 587 g/mol. The summed E-state index contributed by atoms with van der Waals surface area (Å²) in [6, 6.07) is 28.9. The molecule has 1 amide bonds. The smallest absolute Gasteiger partial charge is 0.264 e. The molecule has 1 heterocycles. The van der Waals surface area contributed by atoms with E-state index in [0.29, 0.717) is 22.8 Å². The van der Waals surface area contributed by atoms with Gasteiger partial charge >= 0.3 is 0 Å². The molecule has 212 valence electrons. The van der Waals surface area contributed by atoms with Crippen LogP contribution < -0.4 is 14.5 Å². The Bertz CT molecular complexity index is 1590. The Morgan fingerprint density at radius 2 is 1.51 bits per heavy atom. The first-order chi connectivity index (χ1) is 19.8. The second-order valence-corrected chi connectivity index (χ2v) is 12.6. The van der Waals surface area contributed by atoms with Crippen LogP contribution in [0.15, 0.2) is 102 Å². The van der Waals surface area contributed by atoms with Gasteiger partial charge in [-0.15, -0.1) is 0 Å². The summed E-state index contributed by atoms with van der Waals surface area (Å²) in [6.07, 6.45) is 3.77. The molecule has 1 aliphatic rings. The molecule has 8 heteroatoms. The molecule has 41 heavy (non-hydrogen) atoms. The number of carbonyl (C=O) groups excluding carboxylic acids is 1. The van der Waals surface area contributed by atoms with E-state index < -0.39 is 10.0 Å². The van der Waals surface area contributed by atoms with Gasteiger partial charge in [-0.05, 0) is 91.4 Å². The van der Waals surface area contributed by atoms with Crippen molar-refractivity contribution in [2.45, 2.75) is 44.2 Å². The number of hydrogen-bond donors (Lipinski definition) is 1. The first-order valence-electron chi connectivity index (χ1n) is 13.9. The first kappa shape index (κ1) is 28.7. The van der Waals surface area contributed by atoms with Gasteiger partial charge in [0, 0.05) is 35.9 Å². The van der Waals surface area contributed by atoms with Crippen LogP contribution in [-0.2, 0) is 23.1 Å². The Morgan fingerprint density at radius 3 is 2.20 bits per heavy atom. The van der Waals surface area contributed by atoms with Crippen LogP contribution in [0.1, 0.15) is 46.3 Å². The van der Waals surface area contributed by atoms with Crippen molar-refractivity contribution >= 4 is 38.9 Å². The van der Waals surface area contributed by atoms with Gasteiger partial charge in [0.1, 0.15) is 0 Å². The fourth-order valence-electron chi connectivity index (χ4n) is 5.06. The van der Waals surface area contributed by atoms with Gasteiger partial charge in [-0.1, -0.05) is 60.1 Å². The van der Waals surface area contributed by atoms with E-state index >= 15 is 0 Å². The molecule has 1 saturated heterocycles. The zero-order valence-electron chi connectivity index (χ0n) is 23.1. The molecule has 4 aromatic carbocycles. The summed E-state index contributed by atoms with van der Waals surface area (Å²) in [6.45, 7) is 4.57. The topological polar surface area (TPSA) is 69.7 Å². The van der Waals surface area contributed by atoms with E-state index in [4.69, 9.17) is 11.6 Å². The number of benzene rings is 4. The summed E-state index contributed by atoms with van der Waals surface area (Å²) in [5.74, 6) is -0.184. The zero-order chi connectivity index (χ0) is 28.8. The molecule has 0 aromatic heterocycles. The summed E-state index contributed by atoms with van der Waals surface area (Å²) in [5, 5.41) is 3.44. The third kappa shape index (κ3) is 6.92. The second kappa shape index (κ2) is 12.8. The SMILES string of the molecule is Cc1ccc(Cl)cc1N(Cc1ccc(C(=O)NCc2ccc(N3CCCCC3)cc2)cc1)S(=O)(=O)c1ccccc1. The number of amides is 1. The number of anilines is 2. The summed E-state index contributed by atoms with van der Waals surface area (Å²) < 4.78 is 28.8. The van der Waals surface area contributed by atoms with Crippen LogP contribution in [0.25, 0.3) is 0 Å². The number of hydrogen-bond acceptors (Lipinski definition) is 4. The van der Waals surface area contributed by atoms with Gasteiger partial charge in [-0.3, -0.25) is 9.10 Å². The van der Waals surface area contributed by atoms with Gasteiger partial charge in [0.15, 0.2) is 0 Å². The van der Waals surface area contributed by atoms with E-state index in [1.807, 2.05) is 6.92 Å². The zero-order valence-corrected chi connectivity index (χ0v) is 24.7. The number of nitrogens with one attached hydrogen (secondary N) is 1. The molecule has 1 fully saturated rings. The van der Waals surface area contributed by atoms with Gasteiger partial charge in [0.05, 0.1) is 17.1 Å². The lowest BCUT2D eigenvalue weighted by atomic mass is 10.1. The highest BCUT2D eigenvalue weighted by atomic mass is 35.5. The minimum absolute atomic E-state index is 0.0870. The van der Waals surface area contributed by atoms with Crippen molar-refractivity contribution in [1.82, 2.24) is 5.32 Å². The maximum absolute atomic E-state index is 13.7. The molecule has 0 spiro atoms. The quantitative estimate of drug-likeness (QED) is 0.230. The lowest BCUT2D eigenvalue weighted by molar-refractivity contribution is 0.0951. The van der Waals surface area contributed by atoms with Crippen molar-refractivity contribution in [3.05, 3.63) is 124 Å². The van der Waals surface area contributed by atoms with E-state index in [1.165, 1.54) is 29.3 Å². The molecule has 6 nitrogen and oxygen atoms in total.